The van der Waals surface area contributed by atoms with Crippen molar-refractivity contribution in [2.75, 3.05) is 0 Å². The Morgan fingerprint density at radius 2 is 1.75 bits per heavy atom. The van der Waals surface area contributed by atoms with Gasteiger partial charge in [0.15, 0.2) is 0 Å². The third kappa shape index (κ3) is 2.82. The molecule has 2 N–H and O–H groups in total. The van der Waals surface area contributed by atoms with Gasteiger partial charge in [-0.15, -0.1) is 0 Å². The van der Waals surface area contributed by atoms with E-state index in [0.717, 1.165) is 37.8 Å². The lowest BCUT2D eigenvalue weighted by Gasteiger charge is -2.18. The largest absolute Gasteiger partial charge is 0.384 e. The smallest absolute Gasteiger partial charge is 0.326 e. The minimum Gasteiger partial charge on any atom is -0.384 e. The van der Waals surface area contributed by atoms with Crippen molar-refractivity contribution < 1.29 is 5.11 Å². The average molecular weight is 389 g/mol. The fraction of sp³-hybridized carbons (Fsp3) is 0.316. The molecule has 0 spiro atoms. The minimum atomic E-state index is -0.729. The van der Waals surface area contributed by atoms with Crippen LogP contribution in [0.25, 0.3) is 11.0 Å². The zero-order chi connectivity index (χ0) is 17.6. The molecule has 126 valence electrons. The average Bonchev–Trinajstić information content (AvgIpc) is 2.80. The summed E-state index contributed by atoms with van der Waals surface area (Å²) >= 11 is 3.49. The zero-order valence-corrected chi connectivity index (χ0v) is 15.8. The van der Waals surface area contributed by atoms with Gasteiger partial charge in [0.1, 0.15) is 6.10 Å². The van der Waals surface area contributed by atoms with E-state index in [2.05, 4.69) is 20.9 Å². The van der Waals surface area contributed by atoms with Crippen LogP contribution in [0, 0.1) is 13.8 Å². The highest BCUT2D eigenvalue weighted by molar-refractivity contribution is 9.10. The number of aliphatic hydroxyl groups is 1. The van der Waals surface area contributed by atoms with Crippen LogP contribution in [0.3, 0.4) is 0 Å². The first-order valence-electron chi connectivity index (χ1n) is 7.98. The highest BCUT2D eigenvalue weighted by atomic mass is 79.9. The minimum absolute atomic E-state index is 0.0507. The molecule has 1 aromatic heterocycles. The highest BCUT2D eigenvalue weighted by Gasteiger charge is 2.18. The molecule has 3 aromatic rings. The predicted molar refractivity (Wildman–Crippen MR) is 101 cm³/mol. The first-order chi connectivity index (χ1) is 11.3. The van der Waals surface area contributed by atoms with Crippen molar-refractivity contribution in [1.29, 1.82) is 0 Å². The molecule has 3 rings (SSSR count). The number of fused-ring (bicyclic) bond motifs is 1. The van der Waals surface area contributed by atoms with Crippen molar-refractivity contribution in [3.8, 4) is 0 Å². The number of H-pyrrole nitrogens is 1. The fourth-order valence-corrected chi connectivity index (χ4v) is 4.03. The topological polar surface area (TPSA) is 58.0 Å². The number of aromatic nitrogens is 2. The number of benzene rings is 2. The van der Waals surface area contributed by atoms with Crippen LogP contribution in [0.4, 0.5) is 0 Å². The molecule has 4 nitrogen and oxygen atoms in total. The summed E-state index contributed by atoms with van der Waals surface area (Å²) in [6.45, 7) is 7.94. The Balaban J connectivity index is 2.16. The van der Waals surface area contributed by atoms with Crippen LogP contribution in [-0.4, -0.2) is 14.7 Å². The standard InChI is InChI=1S/C19H21BrN2O2/c1-10(2)22-16-9-13(5-6-15(16)21-19(22)24)18(23)17-11(3)7-14(20)8-12(17)4/h5-10,18,23H,1-4H3,(H,21,24). The molecule has 1 atom stereocenters. The lowest BCUT2D eigenvalue weighted by molar-refractivity contribution is 0.219. The molecule has 0 bridgehead atoms. The number of imidazole rings is 1. The van der Waals surface area contributed by atoms with E-state index >= 15 is 0 Å². The summed E-state index contributed by atoms with van der Waals surface area (Å²) in [6, 6.07) is 9.69. The molecule has 0 aliphatic rings. The van der Waals surface area contributed by atoms with Crippen LogP contribution in [0.15, 0.2) is 39.6 Å². The van der Waals surface area contributed by atoms with Gasteiger partial charge in [0.25, 0.3) is 0 Å². The Labute approximate surface area is 149 Å². The second-order valence-electron chi connectivity index (χ2n) is 6.53. The molecule has 5 heteroatoms. The van der Waals surface area contributed by atoms with Crippen LogP contribution in [-0.2, 0) is 0 Å². The number of rotatable bonds is 3. The summed E-state index contributed by atoms with van der Waals surface area (Å²) < 4.78 is 2.72. The summed E-state index contributed by atoms with van der Waals surface area (Å²) in [5.41, 5.74) is 5.24. The monoisotopic (exact) mass is 388 g/mol. The summed E-state index contributed by atoms with van der Waals surface area (Å²) in [4.78, 5) is 15.0. The second-order valence-corrected chi connectivity index (χ2v) is 7.44. The van der Waals surface area contributed by atoms with Gasteiger partial charge in [0.2, 0.25) is 0 Å². The number of hydrogen-bond donors (Lipinski definition) is 2. The van der Waals surface area contributed by atoms with Gasteiger partial charge < -0.3 is 10.1 Å². The van der Waals surface area contributed by atoms with Crippen molar-refractivity contribution in [1.82, 2.24) is 9.55 Å². The zero-order valence-electron chi connectivity index (χ0n) is 14.2. The van der Waals surface area contributed by atoms with E-state index in [1.54, 1.807) is 4.57 Å². The number of hydrogen-bond acceptors (Lipinski definition) is 2. The van der Waals surface area contributed by atoms with Gasteiger partial charge in [-0.2, -0.15) is 0 Å². The van der Waals surface area contributed by atoms with Gasteiger partial charge in [-0.1, -0.05) is 22.0 Å². The number of aliphatic hydroxyl groups excluding tert-OH is 1. The molecular weight excluding hydrogens is 368 g/mol. The van der Waals surface area contributed by atoms with E-state index in [0.29, 0.717) is 0 Å². The van der Waals surface area contributed by atoms with E-state index in [9.17, 15) is 9.90 Å². The van der Waals surface area contributed by atoms with Gasteiger partial charge in [-0.25, -0.2) is 4.79 Å². The van der Waals surface area contributed by atoms with Crippen molar-refractivity contribution >= 4 is 27.0 Å². The van der Waals surface area contributed by atoms with Gasteiger partial charge >= 0.3 is 5.69 Å². The summed E-state index contributed by atoms with van der Waals surface area (Å²) in [5.74, 6) is 0. The molecule has 0 fully saturated rings. The highest BCUT2D eigenvalue weighted by Crippen LogP contribution is 2.31. The van der Waals surface area contributed by atoms with Crippen molar-refractivity contribution in [3.05, 3.63) is 67.5 Å². The number of halogens is 1. The van der Waals surface area contributed by atoms with Gasteiger partial charge in [-0.3, -0.25) is 4.57 Å². The first-order valence-corrected chi connectivity index (χ1v) is 8.77. The van der Waals surface area contributed by atoms with Gasteiger partial charge in [0, 0.05) is 10.5 Å². The maximum atomic E-state index is 12.1. The summed E-state index contributed by atoms with van der Waals surface area (Å²) in [6.07, 6.45) is -0.729. The van der Waals surface area contributed by atoms with E-state index in [1.165, 1.54) is 0 Å². The molecule has 0 saturated carbocycles. The number of aromatic amines is 1. The van der Waals surface area contributed by atoms with Crippen LogP contribution < -0.4 is 5.69 Å². The maximum absolute atomic E-state index is 12.1. The normalized spacial score (nSPS) is 13.0. The van der Waals surface area contributed by atoms with Crippen LogP contribution >= 0.6 is 15.9 Å². The number of nitrogens with zero attached hydrogens (tertiary/aromatic N) is 1. The molecule has 1 unspecified atom stereocenters. The summed E-state index contributed by atoms with van der Waals surface area (Å²) in [5, 5.41) is 10.9. The third-order valence-electron chi connectivity index (χ3n) is 4.41. The fourth-order valence-electron chi connectivity index (χ4n) is 3.34. The van der Waals surface area contributed by atoms with E-state index < -0.39 is 6.10 Å². The third-order valence-corrected chi connectivity index (χ3v) is 4.86. The Kier molecular flexibility index (Phi) is 4.40. The van der Waals surface area contributed by atoms with Gasteiger partial charge in [0.05, 0.1) is 11.0 Å². The molecular formula is C19H21BrN2O2. The molecule has 1 heterocycles. The maximum Gasteiger partial charge on any atom is 0.326 e. The van der Waals surface area contributed by atoms with Gasteiger partial charge in [-0.05, 0) is 74.2 Å². The van der Waals surface area contributed by atoms with Crippen molar-refractivity contribution in [3.63, 3.8) is 0 Å². The van der Waals surface area contributed by atoms with Crippen molar-refractivity contribution in [2.45, 2.75) is 39.8 Å². The predicted octanol–water partition coefficient (Wildman–Crippen LogP) is 4.37. The van der Waals surface area contributed by atoms with Crippen LogP contribution in [0.5, 0.6) is 0 Å². The second kappa shape index (κ2) is 6.22. The van der Waals surface area contributed by atoms with E-state index in [-0.39, 0.29) is 11.7 Å². The molecule has 24 heavy (non-hydrogen) atoms. The lowest BCUT2D eigenvalue weighted by atomic mass is 9.93. The van der Waals surface area contributed by atoms with E-state index in [4.69, 9.17) is 0 Å². The first kappa shape index (κ1) is 17.0. The Bertz CT molecular complexity index is 946. The lowest BCUT2D eigenvalue weighted by Crippen LogP contribution is -2.18. The molecule has 0 amide bonds. The van der Waals surface area contributed by atoms with Crippen molar-refractivity contribution in [2.24, 2.45) is 0 Å². The number of nitrogens with one attached hydrogen (secondary N) is 1. The Morgan fingerprint density at radius 3 is 2.33 bits per heavy atom. The van der Waals surface area contributed by atoms with E-state index in [1.807, 2.05) is 58.0 Å². The molecule has 0 saturated heterocycles. The number of aryl methyl sites for hydroxylation is 2. The SMILES string of the molecule is Cc1cc(Br)cc(C)c1C(O)c1ccc2[nH]c(=O)n(C(C)C)c2c1. The Morgan fingerprint density at radius 1 is 1.12 bits per heavy atom. The van der Waals surface area contributed by atoms with Crippen LogP contribution in [0.2, 0.25) is 0 Å². The molecule has 2 aromatic carbocycles. The van der Waals surface area contributed by atoms with Crippen LogP contribution in [0.1, 0.15) is 48.2 Å². The Hall–Kier alpha value is -1.85. The molecule has 0 radical (unpaired) electrons. The molecule has 0 aliphatic heterocycles. The molecule has 0 aliphatic carbocycles. The summed E-state index contributed by atoms with van der Waals surface area (Å²) in [7, 11) is 0. The quantitative estimate of drug-likeness (QED) is 0.699.